The first-order chi connectivity index (χ1) is 12.5. The Hall–Kier alpha value is -3.69. The minimum absolute atomic E-state index is 0.0400. The van der Waals surface area contributed by atoms with Crippen molar-refractivity contribution in [3.8, 4) is 11.4 Å². The number of rotatable bonds is 7. The highest BCUT2D eigenvalue weighted by atomic mass is 16.5. The molecule has 3 N–H and O–H groups in total. The highest BCUT2D eigenvalue weighted by Gasteiger charge is 2.17. The molecule has 2 aromatic heterocycles. The third kappa shape index (κ3) is 4.04. The monoisotopic (exact) mass is 356 g/mol. The van der Waals surface area contributed by atoms with Gasteiger partial charge in [0.2, 0.25) is 5.91 Å². The maximum atomic E-state index is 11.9. The van der Waals surface area contributed by atoms with Gasteiger partial charge in [0.15, 0.2) is 11.5 Å². The number of aromatic nitrogens is 4. The van der Waals surface area contributed by atoms with Gasteiger partial charge in [0.1, 0.15) is 31.1 Å². The molecule has 0 aliphatic carbocycles. The first-order valence-electron chi connectivity index (χ1n) is 7.66. The van der Waals surface area contributed by atoms with Crippen molar-refractivity contribution in [2.45, 2.75) is 19.6 Å². The second-order valence-corrected chi connectivity index (χ2v) is 5.40. The fourth-order valence-corrected chi connectivity index (χ4v) is 2.02. The van der Waals surface area contributed by atoms with Crippen molar-refractivity contribution in [1.82, 2.24) is 25.2 Å². The van der Waals surface area contributed by atoms with Gasteiger partial charge in [-0.15, -0.1) is 0 Å². The third-order valence-corrected chi connectivity index (χ3v) is 3.47. The molecule has 10 nitrogen and oxygen atoms in total. The van der Waals surface area contributed by atoms with Crippen LogP contribution in [0.5, 0.6) is 5.75 Å². The molecule has 0 saturated heterocycles. The molecule has 0 aliphatic rings. The Bertz CT molecular complexity index is 888. The number of carbonyl (C=O) groups is 2. The zero-order valence-corrected chi connectivity index (χ0v) is 13.8. The quantitative estimate of drug-likeness (QED) is 0.626. The van der Waals surface area contributed by atoms with E-state index in [4.69, 9.17) is 15.0 Å². The average molecular weight is 356 g/mol. The van der Waals surface area contributed by atoms with Crippen LogP contribution in [-0.4, -0.2) is 37.8 Å². The zero-order valence-electron chi connectivity index (χ0n) is 13.8. The van der Waals surface area contributed by atoms with Crippen LogP contribution in [0.15, 0.2) is 47.5 Å². The topological polar surface area (TPSA) is 138 Å². The molecule has 134 valence electrons. The molecule has 1 aromatic carbocycles. The maximum absolute atomic E-state index is 11.9. The minimum atomic E-state index is -0.803. The van der Waals surface area contributed by atoms with Crippen molar-refractivity contribution < 1.29 is 18.8 Å². The summed E-state index contributed by atoms with van der Waals surface area (Å²) in [5, 5.41) is 10.1. The molecule has 0 radical (unpaired) electrons. The van der Waals surface area contributed by atoms with Gasteiger partial charge in [-0.2, -0.15) is 5.10 Å². The van der Waals surface area contributed by atoms with E-state index in [1.165, 1.54) is 19.3 Å². The second kappa shape index (κ2) is 7.47. The molecule has 0 fully saturated rings. The van der Waals surface area contributed by atoms with Crippen LogP contribution < -0.4 is 15.8 Å². The summed E-state index contributed by atoms with van der Waals surface area (Å²) >= 11 is 0. The molecule has 0 spiro atoms. The summed E-state index contributed by atoms with van der Waals surface area (Å²) in [7, 11) is 0. The largest absolute Gasteiger partial charge is 0.486 e. The van der Waals surface area contributed by atoms with Crippen molar-refractivity contribution in [3.63, 3.8) is 0 Å². The van der Waals surface area contributed by atoms with Crippen molar-refractivity contribution >= 4 is 11.8 Å². The Morgan fingerprint density at radius 3 is 2.77 bits per heavy atom. The Morgan fingerprint density at radius 1 is 1.35 bits per heavy atom. The summed E-state index contributed by atoms with van der Waals surface area (Å²) in [6, 6.07) is 7.84. The van der Waals surface area contributed by atoms with Crippen LogP contribution in [0.25, 0.3) is 5.69 Å². The van der Waals surface area contributed by atoms with Crippen LogP contribution in [0, 0.1) is 0 Å². The Balaban J connectivity index is 1.56. The number of nitrogens with one attached hydrogen (secondary N) is 1. The predicted molar refractivity (Wildman–Crippen MR) is 88.3 cm³/mol. The summed E-state index contributed by atoms with van der Waals surface area (Å²) in [6.07, 6.45) is 3.04. The number of amides is 2. The lowest BCUT2D eigenvalue weighted by atomic mass is 10.3. The van der Waals surface area contributed by atoms with Gasteiger partial charge in [-0.3, -0.25) is 9.59 Å². The molecular formula is C16H16N6O4. The molecule has 3 rings (SSSR count). The lowest BCUT2D eigenvalue weighted by molar-refractivity contribution is -0.119. The summed E-state index contributed by atoms with van der Waals surface area (Å²) in [5.74, 6) is -0.218. The molecule has 2 heterocycles. The molecule has 0 unspecified atom stereocenters. The summed E-state index contributed by atoms with van der Waals surface area (Å²) in [4.78, 5) is 26.8. The summed E-state index contributed by atoms with van der Waals surface area (Å²) < 4.78 is 12.3. The third-order valence-electron chi connectivity index (χ3n) is 3.47. The molecule has 1 atom stereocenters. The molecule has 0 aliphatic heterocycles. The summed E-state index contributed by atoms with van der Waals surface area (Å²) in [5.41, 5.74) is 5.98. The van der Waals surface area contributed by atoms with Crippen LogP contribution in [0.4, 0.5) is 0 Å². The van der Waals surface area contributed by atoms with Gasteiger partial charge in [0.25, 0.3) is 5.91 Å². The van der Waals surface area contributed by atoms with Crippen LogP contribution >= 0.6 is 0 Å². The number of hydrogen-bond donors (Lipinski definition) is 2. The predicted octanol–water partition coefficient (Wildman–Crippen LogP) is 0.438. The molecule has 0 saturated carbocycles. The molecule has 26 heavy (non-hydrogen) atoms. The van der Waals surface area contributed by atoms with E-state index in [0.29, 0.717) is 11.5 Å². The standard InChI is InChI=1S/C16H16N6O4/c1-10(15(17)23)20-16(24)14-6-13(26-21-14)7-25-12-4-2-11(3-5-12)22-9-18-8-19-22/h2-6,8-10H,7H2,1H3,(H2,17,23)(H,20,24)/t10-/m0/s1. The molecule has 2 amide bonds. The van der Waals surface area contributed by atoms with Crippen LogP contribution in [-0.2, 0) is 11.4 Å². The Morgan fingerprint density at radius 2 is 2.12 bits per heavy atom. The lowest BCUT2D eigenvalue weighted by Gasteiger charge is -2.07. The Kier molecular flexibility index (Phi) is 4.92. The number of ether oxygens (including phenoxy) is 1. The highest BCUT2D eigenvalue weighted by molar-refractivity contribution is 5.95. The van der Waals surface area contributed by atoms with Gasteiger partial charge < -0.3 is 20.3 Å². The molecule has 3 aromatic rings. The van der Waals surface area contributed by atoms with Gasteiger partial charge in [-0.05, 0) is 31.2 Å². The van der Waals surface area contributed by atoms with Gasteiger partial charge in [-0.25, -0.2) is 9.67 Å². The van der Waals surface area contributed by atoms with Crippen molar-refractivity contribution in [2.75, 3.05) is 0 Å². The van der Waals surface area contributed by atoms with E-state index in [2.05, 4.69) is 20.6 Å². The number of carbonyl (C=O) groups excluding carboxylic acids is 2. The van der Waals surface area contributed by atoms with E-state index in [9.17, 15) is 9.59 Å². The highest BCUT2D eigenvalue weighted by Crippen LogP contribution is 2.16. The lowest BCUT2D eigenvalue weighted by Crippen LogP contribution is -2.42. The van der Waals surface area contributed by atoms with Crippen molar-refractivity contribution in [2.24, 2.45) is 5.73 Å². The average Bonchev–Trinajstić information content (AvgIpc) is 3.32. The van der Waals surface area contributed by atoms with Crippen molar-refractivity contribution in [1.29, 1.82) is 0 Å². The van der Waals surface area contributed by atoms with Crippen LogP contribution in [0.1, 0.15) is 23.2 Å². The zero-order chi connectivity index (χ0) is 18.5. The Labute approximate surface area is 147 Å². The maximum Gasteiger partial charge on any atom is 0.274 e. The molecular weight excluding hydrogens is 340 g/mol. The van der Waals surface area contributed by atoms with E-state index in [1.54, 1.807) is 23.1 Å². The van der Waals surface area contributed by atoms with E-state index in [-0.39, 0.29) is 12.3 Å². The molecule has 10 heteroatoms. The first kappa shape index (κ1) is 17.1. The van der Waals surface area contributed by atoms with Crippen LogP contribution in [0.3, 0.4) is 0 Å². The number of nitrogens with zero attached hydrogens (tertiary/aromatic N) is 4. The minimum Gasteiger partial charge on any atom is -0.486 e. The van der Waals surface area contributed by atoms with Gasteiger partial charge in [0.05, 0.1) is 5.69 Å². The fourth-order valence-electron chi connectivity index (χ4n) is 2.02. The van der Waals surface area contributed by atoms with E-state index in [0.717, 1.165) is 5.69 Å². The van der Waals surface area contributed by atoms with Gasteiger partial charge in [-0.1, -0.05) is 5.16 Å². The van der Waals surface area contributed by atoms with E-state index >= 15 is 0 Å². The second-order valence-electron chi connectivity index (χ2n) is 5.40. The van der Waals surface area contributed by atoms with E-state index < -0.39 is 17.9 Å². The molecule has 0 bridgehead atoms. The first-order valence-corrected chi connectivity index (χ1v) is 7.66. The summed E-state index contributed by atoms with van der Waals surface area (Å²) in [6.45, 7) is 1.57. The van der Waals surface area contributed by atoms with Crippen molar-refractivity contribution in [3.05, 3.63) is 54.4 Å². The normalized spacial score (nSPS) is 11.7. The number of primary amides is 1. The smallest absolute Gasteiger partial charge is 0.274 e. The number of hydrogen-bond acceptors (Lipinski definition) is 7. The SMILES string of the molecule is C[C@H](NC(=O)c1cc(COc2ccc(-n3cncn3)cc2)on1)C(N)=O. The number of nitrogens with two attached hydrogens (primary N) is 1. The van der Waals surface area contributed by atoms with Gasteiger partial charge in [0, 0.05) is 6.07 Å². The van der Waals surface area contributed by atoms with E-state index in [1.807, 2.05) is 12.1 Å². The van der Waals surface area contributed by atoms with Gasteiger partial charge >= 0.3 is 0 Å². The number of benzene rings is 1. The van der Waals surface area contributed by atoms with Crippen LogP contribution in [0.2, 0.25) is 0 Å². The fraction of sp³-hybridized carbons (Fsp3) is 0.188.